The van der Waals surface area contributed by atoms with Crippen molar-refractivity contribution in [3.8, 4) is 6.01 Å². The maximum Gasteiger partial charge on any atom is 0.323 e. The molecule has 0 saturated heterocycles. The van der Waals surface area contributed by atoms with Gasteiger partial charge in [0.25, 0.3) is 0 Å². The van der Waals surface area contributed by atoms with Gasteiger partial charge >= 0.3 is 6.01 Å². The van der Waals surface area contributed by atoms with Gasteiger partial charge in [-0.05, 0) is 32.0 Å². The van der Waals surface area contributed by atoms with Crippen molar-refractivity contribution >= 4 is 29.2 Å². The molecule has 0 aliphatic heterocycles. The predicted octanol–water partition coefficient (Wildman–Crippen LogP) is 2.64. The van der Waals surface area contributed by atoms with Gasteiger partial charge in [-0.15, -0.1) is 0 Å². The fraction of sp³-hybridized carbons (Fsp3) is 0.250. The number of anilines is 3. The van der Waals surface area contributed by atoms with Crippen LogP contribution in [0, 0.1) is 0 Å². The van der Waals surface area contributed by atoms with Crippen LogP contribution in [0.2, 0.25) is 5.02 Å². The van der Waals surface area contributed by atoms with Gasteiger partial charge in [-0.2, -0.15) is 15.0 Å². The first-order valence-corrected chi connectivity index (χ1v) is 6.11. The van der Waals surface area contributed by atoms with E-state index >= 15 is 0 Å². The van der Waals surface area contributed by atoms with E-state index in [0.717, 1.165) is 5.69 Å². The largest absolute Gasteiger partial charge is 0.461 e. The number of benzene rings is 1. The highest BCUT2D eigenvalue weighted by Crippen LogP contribution is 2.19. The van der Waals surface area contributed by atoms with Crippen LogP contribution in [0.1, 0.15) is 13.8 Å². The molecule has 0 saturated carbocycles. The van der Waals surface area contributed by atoms with E-state index < -0.39 is 0 Å². The Labute approximate surface area is 116 Å². The lowest BCUT2D eigenvalue weighted by atomic mass is 10.3. The van der Waals surface area contributed by atoms with E-state index in [0.29, 0.717) is 11.0 Å². The quantitative estimate of drug-likeness (QED) is 0.895. The van der Waals surface area contributed by atoms with Gasteiger partial charge in [-0.25, -0.2) is 0 Å². The van der Waals surface area contributed by atoms with Crippen LogP contribution in [-0.2, 0) is 0 Å². The summed E-state index contributed by atoms with van der Waals surface area (Å²) < 4.78 is 5.39. The summed E-state index contributed by atoms with van der Waals surface area (Å²) in [5.74, 6) is 0.403. The fourth-order valence-electron chi connectivity index (χ4n) is 1.39. The fourth-order valence-corrected chi connectivity index (χ4v) is 1.58. The molecule has 1 aromatic carbocycles. The van der Waals surface area contributed by atoms with Gasteiger partial charge in [-0.1, -0.05) is 17.7 Å². The maximum absolute atomic E-state index is 5.90. The van der Waals surface area contributed by atoms with Crippen molar-refractivity contribution in [3.63, 3.8) is 0 Å². The van der Waals surface area contributed by atoms with E-state index in [4.69, 9.17) is 22.1 Å². The summed E-state index contributed by atoms with van der Waals surface area (Å²) in [6, 6.07) is 7.38. The first-order chi connectivity index (χ1) is 9.02. The van der Waals surface area contributed by atoms with Crippen LogP contribution < -0.4 is 15.8 Å². The molecule has 0 aliphatic carbocycles. The van der Waals surface area contributed by atoms with E-state index in [-0.39, 0.29) is 18.1 Å². The molecular formula is C12H14ClN5O. The van der Waals surface area contributed by atoms with Crippen molar-refractivity contribution in [1.82, 2.24) is 15.0 Å². The van der Waals surface area contributed by atoms with Crippen molar-refractivity contribution in [2.75, 3.05) is 11.1 Å². The Morgan fingerprint density at radius 3 is 2.74 bits per heavy atom. The molecule has 6 nitrogen and oxygen atoms in total. The predicted molar refractivity (Wildman–Crippen MR) is 74.7 cm³/mol. The molecule has 2 aromatic rings. The molecule has 0 atom stereocenters. The van der Waals surface area contributed by atoms with Gasteiger partial charge in [0.1, 0.15) is 0 Å². The number of hydrogen-bond donors (Lipinski definition) is 2. The molecule has 1 aromatic heterocycles. The summed E-state index contributed by atoms with van der Waals surface area (Å²) in [6.07, 6.45) is -0.0409. The molecule has 100 valence electrons. The van der Waals surface area contributed by atoms with E-state index in [1.807, 2.05) is 26.0 Å². The maximum atomic E-state index is 5.90. The number of hydrogen-bond acceptors (Lipinski definition) is 6. The Hall–Kier alpha value is -2.08. The van der Waals surface area contributed by atoms with Crippen molar-refractivity contribution in [1.29, 1.82) is 0 Å². The molecule has 7 heteroatoms. The molecule has 19 heavy (non-hydrogen) atoms. The van der Waals surface area contributed by atoms with Gasteiger partial charge in [0, 0.05) is 10.7 Å². The highest BCUT2D eigenvalue weighted by Gasteiger charge is 2.07. The SMILES string of the molecule is CC(C)Oc1nc(N)nc(Nc2cccc(Cl)c2)n1. The Morgan fingerprint density at radius 2 is 2.05 bits per heavy atom. The van der Waals surface area contributed by atoms with Gasteiger partial charge < -0.3 is 15.8 Å². The Bertz CT molecular complexity index is 576. The number of ether oxygens (including phenoxy) is 1. The first-order valence-electron chi connectivity index (χ1n) is 5.74. The van der Waals surface area contributed by atoms with E-state index in [1.54, 1.807) is 12.1 Å². The molecule has 2 rings (SSSR count). The summed E-state index contributed by atoms with van der Waals surface area (Å²) in [7, 11) is 0. The average Bonchev–Trinajstić information content (AvgIpc) is 2.26. The van der Waals surface area contributed by atoms with E-state index in [2.05, 4.69) is 20.3 Å². The zero-order valence-electron chi connectivity index (χ0n) is 10.6. The molecule has 0 amide bonds. The number of nitrogen functional groups attached to an aromatic ring is 1. The number of nitrogens with zero attached hydrogens (tertiary/aromatic N) is 3. The second kappa shape index (κ2) is 5.71. The third-order valence-corrected chi connectivity index (χ3v) is 2.29. The van der Waals surface area contributed by atoms with Crippen molar-refractivity contribution in [2.45, 2.75) is 20.0 Å². The van der Waals surface area contributed by atoms with Gasteiger partial charge in [0.2, 0.25) is 11.9 Å². The lowest BCUT2D eigenvalue weighted by molar-refractivity contribution is 0.222. The van der Waals surface area contributed by atoms with Crippen LogP contribution in [0.5, 0.6) is 6.01 Å². The lowest BCUT2D eigenvalue weighted by Crippen LogP contribution is -2.11. The minimum atomic E-state index is -0.0409. The summed E-state index contributed by atoms with van der Waals surface area (Å²) in [6.45, 7) is 3.76. The molecule has 1 heterocycles. The monoisotopic (exact) mass is 279 g/mol. The van der Waals surface area contributed by atoms with Crippen molar-refractivity contribution in [3.05, 3.63) is 29.3 Å². The zero-order chi connectivity index (χ0) is 13.8. The third-order valence-electron chi connectivity index (χ3n) is 2.05. The number of nitrogens with two attached hydrogens (primary N) is 1. The number of nitrogens with one attached hydrogen (secondary N) is 1. The zero-order valence-corrected chi connectivity index (χ0v) is 11.3. The molecule has 0 fully saturated rings. The molecule has 0 spiro atoms. The highest BCUT2D eigenvalue weighted by molar-refractivity contribution is 6.30. The smallest absolute Gasteiger partial charge is 0.323 e. The Morgan fingerprint density at radius 1 is 1.26 bits per heavy atom. The molecule has 0 unspecified atom stereocenters. The molecule has 3 N–H and O–H groups in total. The number of rotatable bonds is 4. The second-order valence-corrected chi connectivity index (χ2v) is 4.54. The van der Waals surface area contributed by atoms with Crippen LogP contribution in [0.25, 0.3) is 0 Å². The normalized spacial score (nSPS) is 10.5. The van der Waals surface area contributed by atoms with Crippen molar-refractivity contribution in [2.24, 2.45) is 0 Å². The highest BCUT2D eigenvalue weighted by atomic mass is 35.5. The van der Waals surface area contributed by atoms with Gasteiger partial charge in [0.15, 0.2) is 0 Å². The summed E-state index contributed by atoms with van der Waals surface area (Å²) in [4.78, 5) is 12.0. The average molecular weight is 280 g/mol. The van der Waals surface area contributed by atoms with Crippen LogP contribution in [-0.4, -0.2) is 21.1 Å². The minimum absolute atomic E-state index is 0.0409. The van der Waals surface area contributed by atoms with Crippen LogP contribution >= 0.6 is 11.6 Å². The molecular weight excluding hydrogens is 266 g/mol. The van der Waals surface area contributed by atoms with Crippen LogP contribution in [0.15, 0.2) is 24.3 Å². The second-order valence-electron chi connectivity index (χ2n) is 4.10. The van der Waals surface area contributed by atoms with Gasteiger partial charge in [0.05, 0.1) is 6.10 Å². The summed E-state index contributed by atoms with van der Waals surface area (Å²) in [5, 5.41) is 3.61. The summed E-state index contributed by atoms with van der Waals surface area (Å²) in [5.41, 5.74) is 6.37. The Kier molecular flexibility index (Phi) is 4.01. The lowest BCUT2D eigenvalue weighted by Gasteiger charge is -2.10. The standard InChI is InChI=1S/C12H14ClN5O/c1-7(2)19-12-17-10(14)16-11(18-12)15-9-5-3-4-8(13)6-9/h3-7H,1-2H3,(H3,14,15,16,17,18). The van der Waals surface area contributed by atoms with Crippen LogP contribution in [0.4, 0.5) is 17.6 Å². The molecule has 0 aliphatic rings. The van der Waals surface area contributed by atoms with E-state index in [1.165, 1.54) is 0 Å². The first kappa shape index (κ1) is 13.4. The topological polar surface area (TPSA) is 86.0 Å². The number of halogens is 1. The molecule has 0 radical (unpaired) electrons. The van der Waals surface area contributed by atoms with Crippen LogP contribution in [0.3, 0.4) is 0 Å². The number of aromatic nitrogens is 3. The van der Waals surface area contributed by atoms with Crippen molar-refractivity contribution < 1.29 is 4.74 Å². The minimum Gasteiger partial charge on any atom is -0.461 e. The molecule has 0 bridgehead atoms. The Balaban J connectivity index is 2.22. The van der Waals surface area contributed by atoms with E-state index in [9.17, 15) is 0 Å². The summed E-state index contributed by atoms with van der Waals surface area (Å²) >= 11 is 5.90. The third kappa shape index (κ3) is 3.96. The van der Waals surface area contributed by atoms with Gasteiger partial charge in [-0.3, -0.25) is 0 Å².